The van der Waals surface area contributed by atoms with Crippen LogP contribution < -0.4 is 15.9 Å². The van der Waals surface area contributed by atoms with Crippen LogP contribution in [0.25, 0.3) is 21.9 Å². The molecule has 1 aromatic carbocycles. The maximum absolute atomic E-state index is 12.4. The molecule has 0 saturated heterocycles. The van der Waals surface area contributed by atoms with Gasteiger partial charge in [-0.1, -0.05) is 24.3 Å². The molecule has 3 heterocycles. The molecule has 4 aromatic rings. The molecule has 0 saturated carbocycles. The van der Waals surface area contributed by atoms with Crippen LogP contribution in [0, 0.1) is 0 Å². The minimum Gasteiger partial charge on any atom is -0.382 e. The first kappa shape index (κ1) is 22.6. The monoisotopic (exact) mass is 474 g/mol. The quantitative estimate of drug-likeness (QED) is 0.238. The average molecular weight is 475 g/mol. The van der Waals surface area contributed by atoms with Crippen molar-refractivity contribution in [2.75, 3.05) is 12.3 Å². The van der Waals surface area contributed by atoms with E-state index < -0.39 is 10.0 Å². The van der Waals surface area contributed by atoms with Crippen LogP contribution in [-0.2, 0) is 28.0 Å². The number of fused-ring (bicyclic) bond motifs is 3. The highest BCUT2D eigenvalue weighted by Crippen LogP contribution is 2.29. The van der Waals surface area contributed by atoms with Crippen LogP contribution >= 0.6 is 11.3 Å². The second-order valence-electron chi connectivity index (χ2n) is 7.64. The number of hydrogen-bond acceptors (Lipinski definition) is 8. The maximum atomic E-state index is 12.4. The van der Waals surface area contributed by atoms with Gasteiger partial charge in [0.15, 0.2) is 5.82 Å². The van der Waals surface area contributed by atoms with E-state index in [1.807, 2.05) is 42.7 Å². The smallest absolute Gasteiger partial charge is 0.250 e. The Morgan fingerprint density at radius 1 is 1.19 bits per heavy atom. The van der Waals surface area contributed by atoms with E-state index in [2.05, 4.69) is 15.2 Å². The van der Waals surface area contributed by atoms with Crippen LogP contribution in [-0.4, -0.2) is 35.5 Å². The second-order valence-corrected chi connectivity index (χ2v) is 10.6. The molecule has 11 heteroatoms. The minimum atomic E-state index is -3.50. The SMILES string of the molecule is CC(C)NOCc1nc2c(N)nc3ccccc3c2n1CCCNS(=O)(=O)c1cccs1. The molecular formula is C21H26N6O3S2. The molecule has 0 aliphatic heterocycles. The van der Waals surface area contributed by atoms with Crippen LogP contribution in [0.3, 0.4) is 0 Å². The lowest BCUT2D eigenvalue weighted by molar-refractivity contribution is 0.00662. The van der Waals surface area contributed by atoms with Gasteiger partial charge in [0.05, 0.1) is 11.0 Å². The van der Waals surface area contributed by atoms with Crippen molar-refractivity contribution in [1.29, 1.82) is 0 Å². The van der Waals surface area contributed by atoms with Crippen LogP contribution in [0.15, 0.2) is 46.0 Å². The number of nitrogens with two attached hydrogens (primary N) is 1. The molecule has 0 atom stereocenters. The zero-order chi connectivity index (χ0) is 22.7. The third-order valence-corrected chi connectivity index (χ3v) is 7.68. The van der Waals surface area contributed by atoms with E-state index in [-0.39, 0.29) is 12.6 Å². The second kappa shape index (κ2) is 9.51. The summed E-state index contributed by atoms with van der Waals surface area (Å²) in [4.78, 5) is 14.8. The fraction of sp³-hybridized carbons (Fsp3) is 0.333. The van der Waals surface area contributed by atoms with Crippen molar-refractivity contribution in [1.82, 2.24) is 24.7 Å². The Bertz CT molecular complexity index is 1320. The first-order valence-electron chi connectivity index (χ1n) is 10.3. The van der Waals surface area contributed by atoms with E-state index in [4.69, 9.17) is 15.6 Å². The molecule has 170 valence electrons. The largest absolute Gasteiger partial charge is 0.382 e. The van der Waals surface area contributed by atoms with Gasteiger partial charge < -0.3 is 10.3 Å². The number of aromatic nitrogens is 3. The van der Waals surface area contributed by atoms with Gasteiger partial charge in [-0.3, -0.25) is 4.84 Å². The van der Waals surface area contributed by atoms with Gasteiger partial charge in [-0.15, -0.1) is 11.3 Å². The molecule has 0 amide bonds. The zero-order valence-corrected chi connectivity index (χ0v) is 19.5. The number of nitrogen functional groups attached to an aromatic ring is 1. The number of rotatable bonds is 10. The van der Waals surface area contributed by atoms with Gasteiger partial charge in [0.25, 0.3) is 0 Å². The summed E-state index contributed by atoms with van der Waals surface area (Å²) >= 11 is 1.19. The molecule has 3 aromatic heterocycles. The highest BCUT2D eigenvalue weighted by molar-refractivity contribution is 7.91. The van der Waals surface area contributed by atoms with E-state index in [0.29, 0.717) is 40.9 Å². The van der Waals surface area contributed by atoms with Crippen LogP contribution in [0.4, 0.5) is 5.82 Å². The fourth-order valence-corrected chi connectivity index (χ4v) is 5.57. The summed E-state index contributed by atoms with van der Waals surface area (Å²) in [6.45, 7) is 5.04. The topological polar surface area (TPSA) is 124 Å². The summed E-state index contributed by atoms with van der Waals surface area (Å²) in [5.74, 6) is 1.05. The van der Waals surface area contributed by atoms with E-state index in [0.717, 1.165) is 16.4 Å². The number of anilines is 1. The molecule has 9 nitrogen and oxygen atoms in total. The first-order chi connectivity index (χ1) is 15.4. The standard InChI is InChI=1S/C21H26N6O3S2/c1-14(2)26-30-13-17-25-19-20(15-7-3-4-8-16(15)24-21(19)22)27(17)11-6-10-23-32(28,29)18-9-5-12-31-18/h3-5,7-9,12,14,23,26H,6,10-11,13H2,1-2H3,(H2,22,24). The van der Waals surface area contributed by atoms with Crippen molar-refractivity contribution >= 4 is 49.1 Å². The molecule has 0 aliphatic rings. The Morgan fingerprint density at radius 2 is 2.00 bits per heavy atom. The molecule has 0 radical (unpaired) electrons. The number of pyridine rings is 1. The third-order valence-electron chi connectivity index (χ3n) is 4.82. The van der Waals surface area contributed by atoms with Gasteiger partial charge in [-0.2, -0.15) is 5.48 Å². The first-order valence-corrected chi connectivity index (χ1v) is 12.7. The molecule has 0 fully saturated rings. The molecule has 4 rings (SSSR count). The molecule has 0 bridgehead atoms. The van der Waals surface area contributed by atoms with E-state index in [9.17, 15) is 8.42 Å². The van der Waals surface area contributed by atoms with E-state index >= 15 is 0 Å². The lowest BCUT2D eigenvalue weighted by Crippen LogP contribution is -2.25. The normalized spacial score (nSPS) is 12.3. The number of aryl methyl sites for hydroxylation is 1. The molecule has 32 heavy (non-hydrogen) atoms. The summed E-state index contributed by atoms with van der Waals surface area (Å²) in [6.07, 6.45) is 0.567. The summed E-state index contributed by atoms with van der Waals surface area (Å²) in [7, 11) is -3.50. The van der Waals surface area contributed by atoms with Crippen molar-refractivity contribution in [3.63, 3.8) is 0 Å². The molecule has 0 unspecified atom stereocenters. The van der Waals surface area contributed by atoms with Gasteiger partial charge >= 0.3 is 0 Å². The summed E-state index contributed by atoms with van der Waals surface area (Å²) in [6, 6.07) is 11.2. The number of sulfonamides is 1. The van der Waals surface area contributed by atoms with Crippen molar-refractivity contribution in [2.24, 2.45) is 0 Å². The number of para-hydroxylation sites is 1. The molecule has 4 N–H and O–H groups in total. The van der Waals surface area contributed by atoms with Crippen LogP contribution in [0.1, 0.15) is 26.1 Å². The Kier molecular flexibility index (Phi) is 6.72. The lowest BCUT2D eigenvalue weighted by atomic mass is 10.2. The molecule has 0 aliphatic carbocycles. The number of benzene rings is 1. The number of hydrogen-bond donors (Lipinski definition) is 3. The van der Waals surface area contributed by atoms with Gasteiger partial charge in [0.2, 0.25) is 10.0 Å². The van der Waals surface area contributed by atoms with Gasteiger partial charge in [0.1, 0.15) is 22.2 Å². The number of nitrogens with zero attached hydrogens (tertiary/aromatic N) is 3. The summed E-state index contributed by atoms with van der Waals surface area (Å²) in [5.41, 5.74) is 11.4. The molecule has 0 spiro atoms. The summed E-state index contributed by atoms with van der Waals surface area (Å²) < 4.78 is 29.8. The Balaban J connectivity index is 1.61. The van der Waals surface area contributed by atoms with Crippen molar-refractivity contribution in [2.45, 2.75) is 43.7 Å². The van der Waals surface area contributed by atoms with Crippen LogP contribution in [0.5, 0.6) is 0 Å². The van der Waals surface area contributed by atoms with Gasteiger partial charge in [-0.25, -0.2) is 23.1 Å². The Hall–Kier alpha value is -2.57. The van der Waals surface area contributed by atoms with E-state index in [1.165, 1.54) is 11.3 Å². The zero-order valence-electron chi connectivity index (χ0n) is 17.9. The van der Waals surface area contributed by atoms with Crippen molar-refractivity contribution in [3.05, 3.63) is 47.6 Å². The van der Waals surface area contributed by atoms with Crippen molar-refractivity contribution < 1.29 is 13.3 Å². The number of thiophene rings is 1. The predicted molar refractivity (Wildman–Crippen MR) is 127 cm³/mol. The number of hydroxylamine groups is 1. The predicted octanol–water partition coefficient (Wildman–Crippen LogP) is 3.03. The van der Waals surface area contributed by atoms with Crippen LogP contribution in [0.2, 0.25) is 0 Å². The van der Waals surface area contributed by atoms with Gasteiger partial charge in [-0.05, 0) is 37.8 Å². The maximum Gasteiger partial charge on any atom is 0.250 e. The molecular weight excluding hydrogens is 448 g/mol. The number of nitrogens with one attached hydrogen (secondary N) is 2. The number of imidazole rings is 1. The fourth-order valence-electron chi connectivity index (χ4n) is 3.46. The van der Waals surface area contributed by atoms with Gasteiger partial charge in [0, 0.05) is 24.5 Å². The van der Waals surface area contributed by atoms with E-state index in [1.54, 1.807) is 17.5 Å². The Labute approximate surface area is 190 Å². The lowest BCUT2D eigenvalue weighted by Gasteiger charge is -2.13. The Morgan fingerprint density at radius 3 is 2.75 bits per heavy atom. The van der Waals surface area contributed by atoms with Crippen molar-refractivity contribution in [3.8, 4) is 0 Å². The minimum absolute atomic E-state index is 0.159. The highest BCUT2D eigenvalue weighted by Gasteiger charge is 2.18. The summed E-state index contributed by atoms with van der Waals surface area (Å²) in [5, 5.41) is 2.68. The third kappa shape index (κ3) is 4.76. The highest BCUT2D eigenvalue weighted by atomic mass is 32.2. The average Bonchev–Trinajstić information content (AvgIpc) is 3.41.